The minimum atomic E-state index is -3.03. The van der Waals surface area contributed by atoms with Crippen molar-refractivity contribution in [3.63, 3.8) is 0 Å². The zero-order valence-corrected chi connectivity index (χ0v) is 12.2. The summed E-state index contributed by atoms with van der Waals surface area (Å²) in [4.78, 5) is 0. The zero-order valence-electron chi connectivity index (χ0n) is 11.4. The van der Waals surface area contributed by atoms with Gasteiger partial charge in [0.05, 0.1) is 5.75 Å². The maximum atomic E-state index is 12.3. The summed E-state index contributed by atoms with van der Waals surface area (Å²) >= 11 is 0. The number of nitrogens with zero attached hydrogens (tertiary/aromatic N) is 1. The van der Waals surface area contributed by atoms with Crippen LogP contribution >= 0.6 is 0 Å². The van der Waals surface area contributed by atoms with E-state index >= 15 is 0 Å². The standard InChI is InChI=1S/C13H26N2O2S/c1-15(13-4-2-3-5-13)18(16,17)11-8-12-6-9-14-10-7-12/h12-14H,2-11H2,1H3. The van der Waals surface area contributed by atoms with Crippen molar-refractivity contribution in [3.05, 3.63) is 0 Å². The van der Waals surface area contributed by atoms with Crippen LogP contribution in [0, 0.1) is 5.92 Å². The summed E-state index contributed by atoms with van der Waals surface area (Å²) in [5, 5.41) is 3.32. The second kappa shape index (κ2) is 6.35. The van der Waals surface area contributed by atoms with Gasteiger partial charge >= 0.3 is 0 Å². The molecule has 1 heterocycles. The highest BCUT2D eigenvalue weighted by atomic mass is 32.2. The molecule has 0 radical (unpaired) electrons. The van der Waals surface area contributed by atoms with Crippen molar-refractivity contribution in [3.8, 4) is 0 Å². The molecule has 1 saturated heterocycles. The van der Waals surface area contributed by atoms with Gasteiger partial charge in [-0.3, -0.25) is 0 Å². The van der Waals surface area contributed by atoms with Gasteiger partial charge in [-0.1, -0.05) is 12.8 Å². The molecular weight excluding hydrogens is 248 g/mol. The summed E-state index contributed by atoms with van der Waals surface area (Å²) in [7, 11) is -1.26. The maximum Gasteiger partial charge on any atom is 0.214 e. The van der Waals surface area contributed by atoms with Crippen LogP contribution in [0.1, 0.15) is 44.9 Å². The van der Waals surface area contributed by atoms with Crippen LogP contribution in [0.3, 0.4) is 0 Å². The summed E-state index contributed by atoms with van der Waals surface area (Å²) in [6.45, 7) is 2.09. The van der Waals surface area contributed by atoms with Crippen molar-refractivity contribution < 1.29 is 8.42 Å². The molecule has 2 rings (SSSR count). The summed E-state index contributed by atoms with van der Waals surface area (Å²) in [6.07, 6.45) is 7.54. The quantitative estimate of drug-likeness (QED) is 0.828. The van der Waals surface area contributed by atoms with Gasteiger partial charge in [-0.25, -0.2) is 12.7 Å². The summed E-state index contributed by atoms with van der Waals surface area (Å²) < 4.78 is 26.2. The van der Waals surface area contributed by atoms with E-state index in [4.69, 9.17) is 0 Å². The predicted octanol–water partition coefficient (Wildman–Crippen LogP) is 1.58. The van der Waals surface area contributed by atoms with Crippen molar-refractivity contribution in [2.45, 2.75) is 51.0 Å². The highest BCUT2D eigenvalue weighted by Gasteiger charge is 2.29. The van der Waals surface area contributed by atoms with Crippen molar-refractivity contribution in [1.29, 1.82) is 0 Å². The van der Waals surface area contributed by atoms with Crippen LogP contribution in [0.4, 0.5) is 0 Å². The Morgan fingerprint density at radius 2 is 1.72 bits per heavy atom. The summed E-state index contributed by atoms with van der Waals surface area (Å²) in [6, 6.07) is 0.267. The monoisotopic (exact) mass is 274 g/mol. The highest BCUT2D eigenvalue weighted by Crippen LogP contribution is 2.25. The summed E-state index contributed by atoms with van der Waals surface area (Å²) in [5.41, 5.74) is 0. The molecule has 0 amide bonds. The molecule has 4 nitrogen and oxygen atoms in total. The van der Waals surface area contributed by atoms with E-state index in [2.05, 4.69) is 5.32 Å². The molecule has 18 heavy (non-hydrogen) atoms. The molecule has 2 fully saturated rings. The number of sulfonamides is 1. The maximum absolute atomic E-state index is 12.3. The lowest BCUT2D eigenvalue weighted by Crippen LogP contribution is -2.37. The van der Waals surface area contributed by atoms with E-state index in [0.29, 0.717) is 11.7 Å². The normalized spacial score (nSPS) is 23.9. The van der Waals surface area contributed by atoms with E-state index in [1.807, 2.05) is 0 Å². The largest absolute Gasteiger partial charge is 0.317 e. The fourth-order valence-corrected chi connectivity index (χ4v) is 4.71. The van der Waals surface area contributed by atoms with E-state index < -0.39 is 10.0 Å². The van der Waals surface area contributed by atoms with Gasteiger partial charge in [0.15, 0.2) is 0 Å². The second-order valence-corrected chi connectivity index (χ2v) is 7.90. The molecule has 0 atom stereocenters. The van der Waals surface area contributed by atoms with Crippen LogP contribution in [-0.4, -0.2) is 44.7 Å². The third kappa shape index (κ3) is 3.68. The number of hydrogen-bond acceptors (Lipinski definition) is 3. The third-order valence-corrected chi connectivity index (χ3v) is 6.45. The Labute approximate surface area is 111 Å². The van der Waals surface area contributed by atoms with E-state index in [-0.39, 0.29) is 6.04 Å². The van der Waals surface area contributed by atoms with Gasteiger partial charge in [-0.05, 0) is 51.1 Å². The minimum absolute atomic E-state index is 0.267. The number of piperidine rings is 1. The first-order valence-corrected chi connectivity index (χ1v) is 8.87. The van der Waals surface area contributed by atoms with Gasteiger partial charge in [0.2, 0.25) is 10.0 Å². The Bertz CT molecular complexity index is 344. The van der Waals surface area contributed by atoms with Crippen LogP contribution in [0.15, 0.2) is 0 Å². The predicted molar refractivity (Wildman–Crippen MR) is 74.0 cm³/mol. The smallest absolute Gasteiger partial charge is 0.214 e. The number of nitrogens with one attached hydrogen (secondary N) is 1. The molecule has 1 saturated carbocycles. The lowest BCUT2D eigenvalue weighted by Gasteiger charge is -2.26. The Morgan fingerprint density at radius 1 is 1.11 bits per heavy atom. The molecule has 1 aliphatic carbocycles. The molecule has 0 aromatic carbocycles. The highest BCUT2D eigenvalue weighted by molar-refractivity contribution is 7.89. The first kappa shape index (κ1) is 14.3. The van der Waals surface area contributed by atoms with Crippen molar-refractivity contribution in [2.75, 3.05) is 25.9 Å². The third-order valence-electron chi connectivity index (χ3n) is 4.52. The van der Waals surface area contributed by atoms with Gasteiger partial charge in [0, 0.05) is 13.1 Å². The molecule has 106 valence electrons. The van der Waals surface area contributed by atoms with Gasteiger partial charge in [-0.15, -0.1) is 0 Å². The molecule has 0 spiro atoms. The van der Waals surface area contributed by atoms with Gasteiger partial charge in [-0.2, -0.15) is 0 Å². The Kier molecular flexibility index (Phi) is 5.04. The van der Waals surface area contributed by atoms with Crippen molar-refractivity contribution >= 4 is 10.0 Å². The first-order chi connectivity index (χ1) is 8.59. The number of rotatable bonds is 5. The van der Waals surface area contributed by atoms with Crippen LogP contribution in [-0.2, 0) is 10.0 Å². The van der Waals surface area contributed by atoms with E-state index in [9.17, 15) is 8.42 Å². The minimum Gasteiger partial charge on any atom is -0.317 e. The van der Waals surface area contributed by atoms with Crippen LogP contribution in [0.2, 0.25) is 0 Å². The molecule has 0 bridgehead atoms. The van der Waals surface area contributed by atoms with E-state index in [1.54, 1.807) is 11.4 Å². The lowest BCUT2D eigenvalue weighted by atomic mass is 9.96. The molecule has 0 aromatic rings. The van der Waals surface area contributed by atoms with Crippen LogP contribution in [0.25, 0.3) is 0 Å². The number of hydrogen-bond donors (Lipinski definition) is 1. The summed E-state index contributed by atoms with van der Waals surface area (Å²) in [5.74, 6) is 0.933. The second-order valence-electron chi connectivity index (χ2n) is 5.75. The molecular formula is C13H26N2O2S. The zero-order chi connectivity index (χ0) is 13.0. The van der Waals surface area contributed by atoms with Gasteiger partial charge < -0.3 is 5.32 Å². The Hall–Kier alpha value is -0.130. The Balaban J connectivity index is 1.82. The molecule has 1 N–H and O–H groups in total. The average Bonchev–Trinajstić information content (AvgIpc) is 2.90. The molecule has 0 aromatic heterocycles. The Morgan fingerprint density at radius 3 is 2.33 bits per heavy atom. The fourth-order valence-electron chi connectivity index (χ4n) is 3.12. The van der Waals surface area contributed by atoms with Crippen molar-refractivity contribution in [1.82, 2.24) is 9.62 Å². The van der Waals surface area contributed by atoms with E-state index in [0.717, 1.165) is 45.2 Å². The van der Waals surface area contributed by atoms with E-state index in [1.165, 1.54) is 12.8 Å². The van der Waals surface area contributed by atoms with Gasteiger partial charge in [0.25, 0.3) is 0 Å². The van der Waals surface area contributed by atoms with Crippen LogP contribution < -0.4 is 5.32 Å². The lowest BCUT2D eigenvalue weighted by molar-refractivity contribution is 0.350. The molecule has 1 aliphatic heterocycles. The molecule has 5 heteroatoms. The van der Waals surface area contributed by atoms with Crippen LogP contribution in [0.5, 0.6) is 0 Å². The topological polar surface area (TPSA) is 49.4 Å². The van der Waals surface area contributed by atoms with Gasteiger partial charge in [0.1, 0.15) is 0 Å². The van der Waals surface area contributed by atoms with Crippen molar-refractivity contribution in [2.24, 2.45) is 5.92 Å². The first-order valence-electron chi connectivity index (χ1n) is 7.26. The SMILES string of the molecule is CN(C1CCCC1)S(=O)(=O)CCC1CCNCC1. The molecule has 2 aliphatic rings. The average molecular weight is 274 g/mol. The fraction of sp³-hybridized carbons (Fsp3) is 1.00. The molecule has 0 unspecified atom stereocenters.